The molecule has 134 valence electrons. The number of hydrogen-bond donors (Lipinski definition) is 1. The Morgan fingerprint density at radius 2 is 1.96 bits per heavy atom. The lowest BCUT2D eigenvalue weighted by Crippen LogP contribution is -2.25. The smallest absolute Gasteiger partial charge is 0.286 e. The van der Waals surface area contributed by atoms with Gasteiger partial charge in [-0.05, 0) is 43.2 Å². The molecule has 2 amide bonds. The van der Waals surface area contributed by atoms with E-state index in [4.69, 9.17) is 4.74 Å². The molecule has 7 heteroatoms. The average molecular weight is 370 g/mol. The van der Waals surface area contributed by atoms with Gasteiger partial charge in [0, 0.05) is 23.9 Å². The zero-order valence-corrected chi connectivity index (χ0v) is 15.0. The van der Waals surface area contributed by atoms with Gasteiger partial charge in [-0.3, -0.25) is 24.7 Å². The molecule has 2 aromatic rings. The van der Waals surface area contributed by atoms with Crippen molar-refractivity contribution in [1.82, 2.24) is 10.3 Å². The minimum Gasteiger partial charge on any atom is -0.493 e. The Kier molecular flexibility index (Phi) is 5.68. The fourth-order valence-electron chi connectivity index (χ4n) is 2.52. The first-order chi connectivity index (χ1) is 12.5. The van der Waals surface area contributed by atoms with E-state index in [2.05, 4.69) is 10.3 Å². The van der Waals surface area contributed by atoms with Crippen LogP contribution in [0.5, 0.6) is 5.75 Å². The van der Waals surface area contributed by atoms with E-state index in [9.17, 15) is 14.4 Å². The summed E-state index contributed by atoms with van der Waals surface area (Å²) in [5, 5.41) is 1.64. The molecule has 1 fully saturated rings. The van der Waals surface area contributed by atoms with E-state index in [-0.39, 0.29) is 22.2 Å². The van der Waals surface area contributed by atoms with E-state index in [0.29, 0.717) is 25.0 Å². The van der Waals surface area contributed by atoms with Crippen LogP contribution in [0.1, 0.15) is 28.5 Å². The van der Waals surface area contributed by atoms with Crippen LogP contribution in [-0.4, -0.2) is 33.8 Å². The summed E-state index contributed by atoms with van der Waals surface area (Å²) in [6.07, 6.45) is 2.73. The number of amides is 2. The van der Waals surface area contributed by atoms with Gasteiger partial charge in [0.1, 0.15) is 5.75 Å². The topological polar surface area (TPSA) is 85.4 Å². The van der Waals surface area contributed by atoms with Crippen LogP contribution in [0.2, 0.25) is 0 Å². The summed E-state index contributed by atoms with van der Waals surface area (Å²) in [5.74, 6) is 0.496. The number of rotatable bonds is 7. The first kappa shape index (κ1) is 18.1. The maximum absolute atomic E-state index is 11.6. The molecule has 0 bridgehead atoms. The molecule has 0 spiro atoms. The molecule has 0 aliphatic carbocycles. The number of nitrogens with one attached hydrogen (secondary N) is 1. The van der Waals surface area contributed by atoms with Crippen LogP contribution < -0.4 is 10.1 Å². The third-order valence-electron chi connectivity index (χ3n) is 3.97. The number of pyridine rings is 1. The highest BCUT2D eigenvalue weighted by Crippen LogP contribution is 2.23. The van der Waals surface area contributed by atoms with Crippen molar-refractivity contribution < 1.29 is 19.1 Å². The van der Waals surface area contributed by atoms with Gasteiger partial charge >= 0.3 is 0 Å². The quantitative estimate of drug-likeness (QED) is 0.755. The summed E-state index contributed by atoms with van der Waals surface area (Å²) in [5.41, 5.74) is 2.43. The van der Waals surface area contributed by atoms with E-state index in [1.807, 2.05) is 30.3 Å². The van der Waals surface area contributed by atoms with Crippen molar-refractivity contribution in [1.29, 1.82) is 0 Å². The number of carbonyl (C=O) groups is 3. The zero-order chi connectivity index (χ0) is 18.5. The second kappa shape index (κ2) is 8.14. The summed E-state index contributed by atoms with van der Waals surface area (Å²) < 4.78 is 5.71. The van der Waals surface area contributed by atoms with Crippen molar-refractivity contribution in [3.05, 3.63) is 59.4 Å². The van der Waals surface area contributed by atoms with Crippen LogP contribution in [0.4, 0.5) is 4.79 Å². The monoisotopic (exact) mass is 370 g/mol. The van der Waals surface area contributed by atoms with Gasteiger partial charge in [-0.15, -0.1) is 0 Å². The van der Waals surface area contributed by atoms with E-state index in [0.717, 1.165) is 28.8 Å². The van der Waals surface area contributed by atoms with Gasteiger partial charge in [-0.25, -0.2) is 0 Å². The van der Waals surface area contributed by atoms with Crippen LogP contribution in [0.3, 0.4) is 0 Å². The van der Waals surface area contributed by atoms with Crippen LogP contribution in [0.15, 0.2) is 42.6 Å². The number of carbonyl (C=O) groups excluding carboxylic acids is 3. The first-order valence-electron chi connectivity index (χ1n) is 8.20. The highest BCUT2D eigenvalue weighted by molar-refractivity contribution is 8.15. The molecule has 0 unspecified atom stereocenters. The normalized spacial score (nSPS) is 16.4. The van der Waals surface area contributed by atoms with Gasteiger partial charge in [0.2, 0.25) is 5.91 Å². The van der Waals surface area contributed by atoms with Crippen molar-refractivity contribution >= 4 is 28.7 Å². The maximum Gasteiger partial charge on any atom is 0.286 e. The van der Waals surface area contributed by atoms with Crippen molar-refractivity contribution in [3.63, 3.8) is 0 Å². The Bertz CT molecular complexity index is 818. The fraction of sp³-hybridized carbons (Fsp3) is 0.263. The summed E-state index contributed by atoms with van der Waals surface area (Å²) in [7, 11) is 0. The third-order valence-corrected chi connectivity index (χ3v) is 4.95. The van der Waals surface area contributed by atoms with Gasteiger partial charge in [0.15, 0.2) is 5.78 Å². The van der Waals surface area contributed by atoms with E-state index in [1.54, 1.807) is 12.3 Å². The van der Waals surface area contributed by atoms with Crippen LogP contribution in [0, 0.1) is 0 Å². The number of hydrogen-bond acceptors (Lipinski definition) is 6. The average Bonchev–Trinajstić information content (AvgIpc) is 2.94. The molecule has 2 heterocycles. The van der Waals surface area contributed by atoms with Gasteiger partial charge in [0.25, 0.3) is 5.24 Å². The summed E-state index contributed by atoms with van der Waals surface area (Å²) >= 11 is 1.03. The lowest BCUT2D eigenvalue weighted by Gasteiger charge is -2.08. The molecular formula is C19H18N2O4S. The van der Waals surface area contributed by atoms with Crippen molar-refractivity contribution in [2.75, 3.05) is 6.61 Å². The molecule has 0 saturated carbocycles. The zero-order valence-electron chi connectivity index (χ0n) is 14.2. The first-order valence-corrected chi connectivity index (χ1v) is 9.08. The molecular weight excluding hydrogens is 352 g/mol. The molecule has 3 rings (SSSR count). The molecule has 1 aliphatic heterocycles. The Labute approximate surface area is 155 Å². The molecule has 26 heavy (non-hydrogen) atoms. The summed E-state index contributed by atoms with van der Waals surface area (Å²) in [4.78, 5) is 38.2. The number of ether oxygens (including phenoxy) is 1. The largest absolute Gasteiger partial charge is 0.493 e. The van der Waals surface area contributed by atoms with Gasteiger partial charge in [0.05, 0.1) is 11.9 Å². The second-order valence-corrected chi connectivity index (χ2v) is 7.10. The lowest BCUT2D eigenvalue weighted by molar-refractivity contribution is -0.118. The molecule has 1 aromatic heterocycles. The number of nitrogens with zero attached hydrogens (tertiary/aromatic N) is 1. The minimum atomic E-state index is -0.363. The number of ketones is 1. The fourth-order valence-corrected chi connectivity index (χ4v) is 3.38. The number of imide groups is 1. The Hall–Kier alpha value is -2.67. The minimum absolute atomic E-state index is 0.00163. The van der Waals surface area contributed by atoms with Crippen molar-refractivity contribution in [2.45, 2.75) is 25.0 Å². The summed E-state index contributed by atoms with van der Waals surface area (Å²) in [6, 6.07) is 11.1. The highest BCUT2D eigenvalue weighted by Gasteiger charge is 2.31. The predicted molar refractivity (Wildman–Crippen MR) is 98.5 cm³/mol. The van der Waals surface area contributed by atoms with E-state index >= 15 is 0 Å². The van der Waals surface area contributed by atoms with Crippen LogP contribution in [-0.2, 0) is 17.6 Å². The second-order valence-electron chi connectivity index (χ2n) is 5.92. The molecule has 1 saturated heterocycles. The number of Topliss-reactive ketones (excluding diaryl/α,β-unsaturated/α-hetero) is 1. The summed E-state index contributed by atoms with van der Waals surface area (Å²) in [6.45, 7) is 1.99. The molecule has 0 radical (unpaired) electrons. The molecule has 1 aliphatic rings. The van der Waals surface area contributed by atoms with Gasteiger partial charge in [-0.1, -0.05) is 23.9 Å². The number of aromatic nitrogens is 1. The SMILES string of the molecule is CC(=O)c1ccc(CCOc2ccc(C[C@H]3SC(=O)NC3=O)cc2)nc1. The van der Waals surface area contributed by atoms with Crippen molar-refractivity contribution in [2.24, 2.45) is 0 Å². The molecule has 1 N–H and O–H groups in total. The molecule has 1 aromatic carbocycles. The van der Waals surface area contributed by atoms with Crippen LogP contribution >= 0.6 is 11.8 Å². The maximum atomic E-state index is 11.6. The number of thioether (sulfide) groups is 1. The predicted octanol–water partition coefficient (Wildman–Crippen LogP) is 2.80. The number of benzene rings is 1. The van der Waals surface area contributed by atoms with Gasteiger partial charge < -0.3 is 4.74 Å². The highest BCUT2D eigenvalue weighted by atomic mass is 32.2. The van der Waals surface area contributed by atoms with Crippen LogP contribution in [0.25, 0.3) is 0 Å². The Balaban J connectivity index is 1.47. The van der Waals surface area contributed by atoms with E-state index in [1.165, 1.54) is 6.92 Å². The Morgan fingerprint density at radius 3 is 2.54 bits per heavy atom. The Morgan fingerprint density at radius 1 is 1.19 bits per heavy atom. The van der Waals surface area contributed by atoms with Crippen molar-refractivity contribution in [3.8, 4) is 5.75 Å². The third kappa shape index (κ3) is 4.70. The molecule has 1 atom stereocenters. The molecule has 6 nitrogen and oxygen atoms in total. The van der Waals surface area contributed by atoms with Gasteiger partial charge in [-0.2, -0.15) is 0 Å². The standard InChI is InChI=1S/C19H18N2O4S/c1-12(22)14-4-5-15(20-11-14)8-9-25-16-6-2-13(3-7-16)10-17-18(23)21-19(24)26-17/h2-7,11,17H,8-10H2,1H3,(H,21,23,24)/t17-/m1/s1. The lowest BCUT2D eigenvalue weighted by atomic mass is 10.1. The van der Waals surface area contributed by atoms with E-state index < -0.39 is 0 Å².